The number of hydrogen-bond acceptors (Lipinski definition) is 5. The van der Waals surface area contributed by atoms with E-state index in [-0.39, 0.29) is 11.7 Å². The van der Waals surface area contributed by atoms with Gasteiger partial charge >= 0.3 is 12.1 Å². The molecule has 2 aromatic heterocycles. The summed E-state index contributed by atoms with van der Waals surface area (Å²) in [5.41, 5.74) is 3.33. The summed E-state index contributed by atoms with van der Waals surface area (Å²) in [4.78, 5) is 52.5. The van der Waals surface area contributed by atoms with Gasteiger partial charge in [0.25, 0.3) is 17.6 Å². The van der Waals surface area contributed by atoms with Crippen LogP contribution in [0.15, 0.2) is 54.7 Å². The Balaban J connectivity index is 0.000000406. The molecule has 0 spiro atoms. The molecule has 9 nitrogen and oxygen atoms in total. The highest BCUT2D eigenvalue weighted by molar-refractivity contribution is 6.46. The molecule has 2 amide bonds. The fourth-order valence-corrected chi connectivity index (χ4v) is 3.01. The number of benzene rings is 1. The summed E-state index contributed by atoms with van der Waals surface area (Å²) in [6.45, 7) is 0.602. The molecule has 3 aromatic rings. The van der Waals surface area contributed by atoms with E-state index in [1.165, 1.54) is 6.20 Å². The molecule has 0 aliphatic carbocycles. The molecule has 176 valence electrons. The monoisotopic (exact) mass is 474 g/mol. The van der Waals surface area contributed by atoms with Crippen LogP contribution in [-0.4, -0.2) is 51.4 Å². The number of aromatic amines is 1. The maximum atomic E-state index is 12.2. The highest BCUT2D eigenvalue weighted by atomic mass is 19.4. The van der Waals surface area contributed by atoms with Gasteiger partial charge in [0.1, 0.15) is 5.82 Å². The Morgan fingerprint density at radius 3 is 2.35 bits per heavy atom. The molecule has 1 aliphatic heterocycles. The highest BCUT2D eigenvalue weighted by Gasteiger charge is 2.38. The number of aromatic nitrogens is 2. The maximum absolute atomic E-state index is 12.2. The van der Waals surface area contributed by atoms with Crippen LogP contribution in [0.1, 0.15) is 26.4 Å². The lowest BCUT2D eigenvalue weighted by atomic mass is 10.1. The Hall–Kier alpha value is -4.48. The maximum Gasteiger partial charge on any atom is 0.490 e. The number of hydrogen-bond donors (Lipinski definition) is 4. The summed E-state index contributed by atoms with van der Waals surface area (Å²) in [5, 5.41) is 12.5. The number of Topliss-reactive ketones (excluding diaryl/α,β-unsaturated/α-hetero) is 1. The van der Waals surface area contributed by atoms with E-state index < -0.39 is 23.8 Å². The minimum atomic E-state index is -5.08. The molecule has 1 aromatic carbocycles. The molecule has 34 heavy (non-hydrogen) atoms. The minimum absolute atomic E-state index is 0.102. The Bertz CT molecular complexity index is 1240. The van der Waals surface area contributed by atoms with Gasteiger partial charge in [0, 0.05) is 41.7 Å². The van der Waals surface area contributed by atoms with Gasteiger partial charge in [0.05, 0.1) is 5.56 Å². The summed E-state index contributed by atoms with van der Waals surface area (Å²) in [6.07, 6.45) is -2.81. The molecule has 0 saturated heterocycles. The number of nitrogens with one attached hydrogen (secondary N) is 3. The first kappa shape index (κ1) is 24.2. The molecular weight excluding hydrogens is 457 g/mol. The van der Waals surface area contributed by atoms with Crippen molar-refractivity contribution >= 4 is 29.4 Å². The van der Waals surface area contributed by atoms with Crippen molar-refractivity contribution in [2.45, 2.75) is 12.6 Å². The molecule has 0 fully saturated rings. The van der Waals surface area contributed by atoms with Crippen LogP contribution >= 0.6 is 0 Å². The van der Waals surface area contributed by atoms with Crippen LogP contribution < -0.4 is 10.6 Å². The van der Waals surface area contributed by atoms with Crippen LogP contribution in [0.4, 0.5) is 19.0 Å². The van der Waals surface area contributed by atoms with E-state index in [4.69, 9.17) is 9.90 Å². The Kier molecular flexibility index (Phi) is 7.09. The Morgan fingerprint density at radius 2 is 1.74 bits per heavy atom. The molecule has 0 atom stereocenters. The molecule has 3 heterocycles. The number of halogens is 3. The first-order valence-corrected chi connectivity index (χ1v) is 9.73. The molecule has 0 unspecified atom stereocenters. The number of carbonyl (C=O) groups excluding carboxylic acids is 3. The quantitative estimate of drug-likeness (QED) is 0.339. The number of H-pyrrole nitrogens is 1. The molecule has 12 heteroatoms. The van der Waals surface area contributed by atoms with Crippen molar-refractivity contribution in [1.82, 2.24) is 15.3 Å². The highest BCUT2D eigenvalue weighted by Crippen LogP contribution is 2.25. The summed E-state index contributed by atoms with van der Waals surface area (Å²) in [6, 6.07) is 13.5. The van der Waals surface area contributed by atoms with Gasteiger partial charge in [-0.25, -0.2) is 9.78 Å². The summed E-state index contributed by atoms with van der Waals surface area (Å²) < 4.78 is 31.7. The summed E-state index contributed by atoms with van der Waals surface area (Å²) >= 11 is 0. The van der Waals surface area contributed by atoms with Crippen LogP contribution in [0, 0.1) is 0 Å². The SMILES string of the molecule is O=C(Nc1cc(-c2cc3c([nH]2)CCNC3=O)ccn1)C(=O)c1ccccc1.O=C(O)C(F)(F)F. The van der Waals surface area contributed by atoms with Crippen molar-refractivity contribution in [3.8, 4) is 11.3 Å². The number of carboxylic acids is 1. The van der Waals surface area contributed by atoms with Crippen molar-refractivity contribution in [3.63, 3.8) is 0 Å². The Morgan fingerprint density at radius 1 is 1.06 bits per heavy atom. The molecule has 4 rings (SSSR count). The number of pyridine rings is 1. The van der Waals surface area contributed by atoms with Crippen molar-refractivity contribution in [2.75, 3.05) is 11.9 Å². The number of alkyl halides is 3. The zero-order valence-electron chi connectivity index (χ0n) is 17.3. The minimum Gasteiger partial charge on any atom is -0.475 e. The predicted molar refractivity (Wildman–Crippen MR) is 113 cm³/mol. The average molecular weight is 474 g/mol. The van der Waals surface area contributed by atoms with Gasteiger partial charge < -0.3 is 20.7 Å². The van der Waals surface area contributed by atoms with Crippen LogP contribution in [0.2, 0.25) is 0 Å². The van der Waals surface area contributed by atoms with E-state index in [1.54, 1.807) is 48.5 Å². The molecule has 0 saturated carbocycles. The third-order valence-electron chi connectivity index (χ3n) is 4.60. The van der Waals surface area contributed by atoms with Crippen molar-refractivity contribution in [3.05, 3.63) is 71.5 Å². The Labute approximate surface area is 190 Å². The summed E-state index contributed by atoms with van der Waals surface area (Å²) in [5.74, 6) is -3.98. The number of amides is 2. The van der Waals surface area contributed by atoms with Gasteiger partial charge in [-0.2, -0.15) is 13.2 Å². The van der Waals surface area contributed by atoms with Crippen LogP contribution in [0.25, 0.3) is 11.3 Å². The molecule has 4 N–H and O–H groups in total. The van der Waals surface area contributed by atoms with Crippen molar-refractivity contribution in [2.24, 2.45) is 0 Å². The topological polar surface area (TPSA) is 141 Å². The lowest BCUT2D eigenvalue weighted by Gasteiger charge is -2.11. The second-order valence-corrected chi connectivity index (χ2v) is 6.96. The third kappa shape index (κ3) is 5.85. The smallest absolute Gasteiger partial charge is 0.475 e. The van der Waals surface area contributed by atoms with Gasteiger partial charge in [0.2, 0.25) is 0 Å². The van der Waals surface area contributed by atoms with Crippen LogP contribution in [-0.2, 0) is 16.0 Å². The zero-order chi connectivity index (χ0) is 24.9. The van der Waals surface area contributed by atoms with E-state index in [0.29, 0.717) is 17.7 Å². The van der Waals surface area contributed by atoms with Gasteiger partial charge in [-0.15, -0.1) is 0 Å². The normalized spacial score (nSPS) is 12.5. The standard InChI is InChI=1S/C20H16N4O3.C2HF3O2/c25-18(12-4-2-1-3-5-12)20(27)24-17-10-13(6-8-21-17)16-11-14-15(23-16)7-9-22-19(14)26;3-2(4,5)1(6)7/h1-6,8,10-11,23H,7,9H2,(H,22,26)(H,21,24,27);(H,6,7). The number of rotatable bonds is 4. The number of aliphatic carboxylic acids is 1. The van der Waals surface area contributed by atoms with E-state index >= 15 is 0 Å². The van der Waals surface area contributed by atoms with E-state index in [1.807, 2.05) is 0 Å². The molecule has 0 radical (unpaired) electrons. The van der Waals surface area contributed by atoms with E-state index in [0.717, 1.165) is 23.4 Å². The largest absolute Gasteiger partial charge is 0.490 e. The predicted octanol–water partition coefficient (Wildman–Crippen LogP) is 2.82. The first-order valence-electron chi connectivity index (χ1n) is 9.73. The lowest BCUT2D eigenvalue weighted by molar-refractivity contribution is -0.192. The van der Waals surface area contributed by atoms with Crippen molar-refractivity contribution in [1.29, 1.82) is 0 Å². The van der Waals surface area contributed by atoms with E-state index in [2.05, 4.69) is 20.6 Å². The zero-order valence-corrected chi connectivity index (χ0v) is 17.3. The number of ketones is 1. The summed E-state index contributed by atoms with van der Waals surface area (Å²) in [7, 11) is 0. The molecular formula is C22H17F3N4O5. The average Bonchev–Trinajstić information content (AvgIpc) is 3.25. The van der Waals surface area contributed by atoms with Gasteiger partial charge in [-0.1, -0.05) is 30.3 Å². The fourth-order valence-electron chi connectivity index (χ4n) is 3.01. The number of carbonyl (C=O) groups is 4. The van der Waals surface area contributed by atoms with Gasteiger partial charge in [-0.05, 0) is 18.2 Å². The second-order valence-electron chi connectivity index (χ2n) is 6.96. The third-order valence-corrected chi connectivity index (χ3v) is 4.60. The van der Waals surface area contributed by atoms with Crippen LogP contribution in [0.3, 0.4) is 0 Å². The fraction of sp³-hybridized carbons (Fsp3) is 0.136. The number of carboxylic acid groups (broad SMARTS) is 1. The van der Waals surface area contributed by atoms with Gasteiger partial charge in [-0.3, -0.25) is 14.4 Å². The second kappa shape index (κ2) is 9.98. The van der Waals surface area contributed by atoms with Gasteiger partial charge in [0.15, 0.2) is 0 Å². The number of nitrogens with zero attached hydrogens (tertiary/aromatic N) is 1. The number of fused-ring (bicyclic) bond motifs is 1. The van der Waals surface area contributed by atoms with Crippen molar-refractivity contribution < 1.29 is 37.5 Å². The first-order chi connectivity index (χ1) is 16.1. The number of anilines is 1. The van der Waals surface area contributed by atoms with Crippen LogP contribution in [0.5, 0.6) is 0 Å². The molecule has 0 bridgehead atoms. The lowest BCUT2D eigenvalue weighted by Crippen LogP contribution is -2.31. The molecule has 1 aliphatic rings. The van der Waals surface area contributed by atoms with E-state index in [9.17, 15) is 27.6 Å².